The van der Waals surface area contributed by atoms with E-state index in [0.29, 0.717) is 24.7 Å². The number of ketones is 2. The van der Waals surface area contributed by atoms with E-state index < -0.39 is 0 Å². The Bertz CT molecular complexity index is 255. The van der Waals surface area contributed by atoms with E-state index in [-0.39, 0.29) is 17.0 Å². The zero-order chi connectivity index (χ0) is 10.9. The predicted octanol–water partition coefficient (Wildman–Crippen LogP) is 2.61. The summed E-state index contributed by atoms with van der Waals surface area (Å²) in [5.41, 5.74) is -0.375. The molecule has 1 aliphatic carbocycles. The monoisotopic (exact) mass is 196 g/mol. The summed E-state index contributed by atoms with van der Waals surface area (Å²) >= 11 is 0. The molecule has 0 heterocycles. The van der Waals surface area contributed by atoms with Gasteiger partial charge in [0.25, 0.3) is 0 Å². The van der Waals surface area contributed by atoms with Crippen LogP contribution in [0.25, 0.3) is 0 Å². The Labute approximate surface area is 86.1 Å². The molecule has 1 saturated carbocycles. The zero-order valence-corrected chi connectivity index (χ0v) is 9.59. The van der Waals surface area contributed by atoms with Crippen molar-refractivity contribution in [2.24, 2.45) is 17.3 Å². The molecule has 0 radical (unpaired) electrons. The quantitative estimate of drug-likeness (QED) is 0.695. The molecule has 2 nitrogen and oxygen atoms in total. The van der Waals surface area contributed by atoms with Crippen LogP contribution in [0.5, 0.6) is 0 Å². The molecular formula is C12H20O2. The lowest BCUT2D eigenvalue weighted by atomic mass is 9.71. The van der Waals surface area contributed by atoms with Gasteiger partial charge in [-0.25, -0.2) is 0 Å². The Morgan fingerprint density at radius 3 is 2.57 bits per heavy atom. The van der Waals surface area contributed by atoms with Crippen LogP contribution in [0.1, 0.15) is 47.0 Å². The molecule has 0 spiro atoms. The first-order valence-corrected chi connectivity index (χ1v) is 5.40. The molecule has 0 aromatic heterocycles. The molecule has 0 amide bonds. The number of rotatable bonds is 3. The van der Waals surface area contributed by atoms with Crippen LogP contribution in [0.15, 0.2) is 0 Å². The predicted molar refractivity (Wildman–Crippen MR) is 56.0 cm³/mol. The molecule has 0 bridgehead atoms. The van der Waals surface area contributed by atoms with Crippen molar-refractivity contribution >= 4 is 11.6 Å². The maximum Gasteiger partial charge on any atom is 0.139 e. The topological polar surface area (TPSA) is 34.1 Å². The average molecular weight is 196 g/mol. The molecule has 2 heteroatoms. The number of carbonyl (C=O) groups is 2. The highest BCUT2D eigenvalue weighted by Gasteiger charge is 2.47. The first-order chi connectivity index (χ1) is 6.38. The molecule has 0 aromatic carbocycles. The highest BCUT2D eigenvalue weighted by Crippen LogP contribution is 2.46. The third-order valence-electron chi connectivity index (χ3n) is 3.56. The fourth-order valence-electron chi connectivity index (χ4n) is 2.91. The second kappa shape index (κ2) is 3.84. The van der Waals surface area contributed by atoms with E-state index >= 15 is 0 Å². The van der Waals surface area contributed by atoms with Gasteiger partial charge < -0.3 is 0 Å². The van der Waals surface area contributed by atoms with Gasteiger partial charge in [0.05, 0.1) is 0 Å². The minimum atomic E-state index is -0.375. The van der Waals surface area contributed by atoms with Gasteiger partial charge >= 0.3 is 0 Å². The summed E-state index contributed by atoms with van der Waals surface area (Å²) in [6.45, 7) is 7.83. The second-order valence-corrected chi connectivity index (χ2v) is 5.11. The summed E-state index contributed by atoms with van der Waals surface area (Å²) in [7, 11) is 0. The molecule has 80 valence electrons. The van der Waals surface area contributed by atoms with E-state index in [1.165, 1.54) is 0 Å². The Balaban J connectivity index is 2.89. The highest BCUT2D eigenvalue weighted by molar-refractivity contribution is 5.91. The standard InChI is InChI=1S/C12H20O2/c1-8(2)10-5-6-11(14)12(10,4)7-9(3)13/h8,10H,5-7H2,1-4H3/t10-,12-/m0/s1. The van der Waals surface area contributed by atoms with Crippen LogP contribution in [-0.4, -0.2) is 11.6 Å². The summed E-state index contributed by atoms with van der Waals surface area (Å²) < 4.78 is 0. The maximum atomic E-state index is 11.8. The van der Waals surface area contributed by atoms with Gasteiger partial charge in [0.1, 0.15) is 11.6 Å². The normalized spacial score (nSPS) is 32.6. The van der Waals surface area contributed by atoms with Crippen LogP contribution in [0, 0.1) is 17.3 Å². The van der Waals surface area contributed by atoms with Gasteiger partial charge in [0.2, 0.25) is 0 Å². The fraction of sp³-hybridized carbons (Fsp3) is 0.833. The van der Waals surface area contributed by atoms with Crippen LogP contribution >= 0.6 is 0 Å². The number of hydrogen-bond acceptors (Lipinski definition) is 2. The lowest BCUT2D eigenvalue weighted by Crippen LogP contribution is -2.33. The van der Waals surface area contributed by atoms with Crippen molar-refractivity contribution in [1.29, 1.82) is 0 Å². The average Bonchev–Trinajstić information content (AvgIpc) is 2.26. The third-order valence-corrected chi connectivity index (χ3v) is 3.56. The first-order valence-electron chi connectivity index (χ1n) is 5.40. The molecule has 14 heavy (non-hydrogen) atoms. The molecule has 0 unspecified atom stereocenters. The summed E-state index contributed by atoms with van der Waals surface area (Å²) in [6.07, 6.45) is 2.04. The molecule has 2 atom stereocenters. The molecule has 0 aliphatic heterocycles. The van der Waals surface area contributed by atoms with E-state index in [9.17, 15) is 9.59 Å². The van der Waals surface area contributed by atoms with Crippen LogP contribution in [0.3, 0.4) is 0 Å². The van der Waals surface area contributed by atoms with Crippen molar-refractivity contribution < 1.29 is 9.59 Å². The lowest BCUT2D eigenvalue weighted by Gasteiger charge is -2.31. The zero-order valence-electron chi connectivity index (χ0n) is 9.59. The van der Waals surface area contributed by atoms with Gasteiger partial charge in [-0.2, -0.15) is 0 Å². The van der Waals surface area contributed by atoms with Gasteiger partial charge in [-0.3, -0.25) is 9.59 Å². The van der Waals surface area contributed by atoms with Crippen LogP contribution in [0.2, 0.25) is 0 Å². The SMILES string of the molecule is CC(=O)C[C@]1(C)C(=O)CC[C@H]1C(C)C. The van der Waals surface area contributed by atoms with Crippen LogP contribution < -0.4 is 0 Å². The van der Waals surface area contributed by atoms with Crippen LogP contribution in [-0.2, 0) is 9.59 Å². The molecule has 0 aromatic rings. The summed E-state index contributed by atoms with van der Waals surface area (Å²) in [5.74, 6) is 1.30. The van der Waals surface area contributed by atoms with E-state index in [2.05, 4.69) is 13.8 Å². The van der Waals surface area contributed by atoms with E-state index in [1.807, 2.05) is 6.92 Å². The van der Waals surface area contributed by atoms with Gasteiger partial charge in [0.15, 0.2) is 0 Å². The third kappa shape index (κ3) is 1.89. The molecule has 1 aliphatic rings. The smallest absolute Gasteiger partial charge is 0.139 e. The van der Waals surface area contributed by atoms with Gasteiger partial charge in [0, 0.05) is 18.3 Å². The summed E-state index contributed by atoms with van der Waals surface area (Å²) in [6, 6.07) is 0. The van der Waals surface area contributed by atoms with Crippen molar-refractivity contribution in [3.05, 3.63) is 0 Å². The first kappa shape index (κ1) is 11.4. The molecule has 0 saturated heterocycles. The van der Waals surface area contributed by atoms with Crippen LogP contribution in [0.4, 0.5) is 0 Å². The van der Waals surface area contributed by atoms with Gasteiger partial charge in [-0.15, -0.1) is 0 Å². The largest absolute Gasteiger partial charge is 0.300 e. The van der Waals surface area contributed by atoms with Gasteiger partial charge in [-0.1, -0.05) is 20.8 Å². The van der Waals surface area contributed by atoms with E-state index in [1.54, 1.807) is 6.92 Å². The minimum absolute atomic E-state index is 0.133. The van der Waals surface area contributed by atoms with E-state index in [0.717, 1.165) is 6.42 Å². The Morgan fingerprint density at radius 1 is 1.57 bits per heavy atom. The summed E-state index contributed by atoms with van der Waals surface area (Å²) in [5, 5.41) is 0. The Kier molecular flexibility index (Phi) is 3.13. The van der Waals surface area contributed by atoms with Gasteiger partial charge in [-0.05, 0) is 25.2 Å². The summed E-state index contributed by atoms with van der Waals surface area (Å²) in [4.78, 5) is 23.0. The lowest BCUT2D eigenvalue weighted by molar-refractivity contribution is -0.132. The number of Topliss-reactive ketones (excluding diaryl/α,β-unsaturated/α-hetero) is 2. The fourth-order valence-corrected chi connectivity index (χ4v) is 2.91. The number of carbonyl (C=O) groups excluding carboxylic acids is 2. The van der Waals surface area contributed by atoms with Crippen molar-refractivity contribution in [3.8, 4) is 0 Å². The minimum Gasteiger partial charge on any atom is -0.300 e. The molecular weight excluding hydrogens is 176 g/mol. The molecule has 0 N–H and O–H groups in total. The second-order valence-electron chi connectivity index (χ2n) is 5.11. The molecule has 1 rings (SSSR count). The molecule has 1 fully saturated rings. The van der Waals surface area contributed by atoms with E-state index in [4.69, 9.17) is 0 Å². The number of hydrogen-bond donors (Lipinski definition) is 0. The van der Waals surface area contributed by atoms with Crippen molar-refractivity contribution in [2.45, 2.75) is 47.0 Å². The Hall–Kier alpha value is -0.660. The Morgan fingerprint density at radius 2 is 2.14 bits per heavy atom. The van der Waals surface area contributed by atoms with Crippen molar-refractivity contribution in [3.63, 3.8) is 0 Å². The maximum absolute atomic E-state index is 11.8. The van der Waals surface area contributed by atoms with Crippen molar-refractivity contribution in [1.82, 2.24) is 0 Å². The van der Waals surface area contributed by atoms with Crippen molar-refractivity contribution in [2.75, 3.05) is 0 Å². The highest BCUT2D eigenvalue weighted by atomic mass is 16.1.